The van der Waals surface area contributed by atoms with Crippen LogP contribution >= 0.6 is 11.6 Å². The lowest BCUT2D eigenvalue weighted by atomic mass is 10.1. The van der Waals surface area contributed by atoms with E-state index in [0.29, 0.717) is 36.9 Å². The maximum atomic E-state index is 13.3. The van der Waals surface area contributed by atoms with Crippen LogP contribution in [0.2, 0.25) is 5.15 Å². The van der Waals surface area contributed by atoms with Gasteiger partial charge in [0.05, 0.1) is 14.2 Å². The topological polar surface area (TPSA) is 98.0 Å². The zero-order chi connectivity index (χ0) is 24.4. The predicted molar refractivity (Wildman–Crippen MR) is 131 cm³/mol. The van der Waals surface area contributed by atoms with Crippen LogP contribution in [-0.4, -0.2) is 75.8 Å². The number of methoxy groups -OCH3 is 2. The van der Waals surface area contributed by atoms with Gasteiger partial charge in [-0.15, -0.1) is 0 Å². The molecule has 1 fully saturated rings. The molecule has 1 aliphatic rings. The molecule has 0 unspecified atom stereocenters. The number of hydrogen-bond donors (Lipinski definition) is 0. The summed E-state index contributed by atoms with van der Waals surface area (Å²) in [6.07, 6.45) is 4.10. The first-order valence-corrected chi connectivity index (χ1v) is 11.5. The molecule has 4 heterocycles. The SMILES string of the molecule is COc1ccc(-c2cnc3ncnn3c2N2CCCN(C(=O)c3cc(Cl)nc(OC)c3)CC2)cc1. The fraction of sp³-hybridized carbons (Fsp3) is 0.292. The number of pyridine rings is 1. The maximum Gasteiger partial charge on any atom is 0.254 e. The van der Waals surface area contributed by atoms with E-state index in [1.54, 1.807) is 23.8 Å². The van der Waals surface area contributed by atoms with Crippen molar-refractivity contribution >= 4 is 29.1 Å². The lowest BCUT2D eigenvalue weighted by molar-refractivity contribution is 0.0766. The fourth-order valence-corrected chi connectivity index (χ4v) is 4.46. The van der Waals surface area contributed by atoms with E-state index in [-0.39, 0.29) is 11.1 Å². The van der Waals surface area contributed by atoms with E-state index in [9.17, 15) is 4.79 Å². The number of halogens is 1. The zero-order valence-electron chi connectivity index (χ0n) is 19.4. The first-order chi connectivity index (χ1) is 17.1. The summed E-state index contributed by atoms with van der Waals surface area (Å²) in [7, 11) is 3.14. The number of nitrogens with zero attached hydrogens (tertiary/aromatic N) is 7. The number of fused-ring (bicyclic) bond motifs is 1. The molecule has 5 rings (SSSR count). The van der Waals surface area contributed by atoms with Crippen LogP contribution in [0.15, 0.2) is 48.9 Å². The molecule has 1 saturated heterocycles. The van der Waals surface area contributed by atoms with Crippen molar-refractivity contribution in [2.75, 3.05) is 45.3 Å². The van der Waals surface area contributed by atoms with Gasteiger partial charge in [-0.05, 0) is 30.2 Å². The van der Waals surface area contributed by atoms with Crippen molar-refractivity contribution in [1.82, 2.24) is 29.5 Å². The summed E-state index contributed by atoms with van der Waals surface area (Å²) in [5.41, 5.74) is 2.37. The number of ether oxygens (including phenoxy) is 2. The van der Waals surface area contributed by atoms with E-state index in [4.69, 9.17) is 21.1 Å². The molecular weight excluding hydrogens is 470 g/mol. The molecule has 1 aromatic carbocycles. The summed E-state index contributed by atoms with van der Waals surface area (Å²) in [4.78, 5) is 30.1. The molecule has 0 aliphatic carbocycles. The average molecular weight is 494 g/mol. The Balaban J connectivity index is 1.45. The molecule has 1 amide bonds. The smallest absolute Gasteiger partial charge is 0.254 e. The van der Waals surface area contributed by atoms with Gasteiger partial charge in [0.25, 0.3) is 11.7 Å². The van der Waals surface area contributed by atoms with Crippen molar-refractivity contribution in [3.63, 3.8) is 0 Å². The number of anilines is 1. The third-order valence-electron chi connectivity index (χ3n) is 5.99. The van der Waals surface area contributed by atoms with Crippen molar-refractivity contribution in [1.29, 1.82) is 0 Å². The Kier molecular flexibility index (Phi) is 6.37. The summed E-state index contributed by atoms with van der Waals surface area (Å²) in [5.74, 6) is 2.40. The van der Waals surface area contributed by atoms with E-state index in [2.05, 4.69) is 25.0 Å². The largest absolute Gasteiger partial charge is 0.497 e. The summed E-state index contributed by atoms with van der Waals surface area (Å²) in [5, 5.41) is 4.66. The van der Waals surface area contributed by atoms with Crippen LogP contribution in [0.1, 0.15) is 16.8 Å². The second kappa shape index (κ2) is 9.75. The Morgan fingerprint density at radius 3 is 2.60 bits per heavy atom. The van der Waals surface area contributed by atoms with Crippen molar-refractivity contribution in [2.45, 2.75) is 6.42 Å². The number of aromatic nitrogens is 5. The molecule has 11 heteroatoms. The van der Waals surface area contributed by atoms with Gasteiger partial charge in [-0.3, -0.25) is 4.79 Å². The first-order valence-electron chi connectivity index (χ1n) is 11.2. The van der Waals surface area contributed by atoms with Gasteiger partial charge in [0.15, 0.2) is 0 Å². The fourth-order valence-electron chi connectivity index (χ4n) is 4.26. The molecule has 35 heavy (non-hydrogen) atoms. The van der Waals surface area contributed by atoms with E-state index in [1.807, 2.05) is 35.4 Å². The Morgan fingerprint density at radius 1 is 1.00 bits per heavy atom. The average Bonchev–Trinajstić information content (AvgIpc) is 3.24. The molecular formula is C24H24ClN7O3. The zero-order valence-corrected chi connectivity index (χ0v) is 20.1. The van der Waals surface area contributed by atoms with Gasteiger partial charge in [-0.25, -0.2) is 9.97 Å². The van der Waals surface area contributed by atoms with Gasteiger partial charge in [-0.2, -0.15) is 14.6 Å². The standard InChI is InChI=1S/C24H24ClN7O3/c1-34-18-6-4-16(5-7-18)19-14-26-24-27-15-28-32(24)22(19)30-8-3-9-31(11-10-30)23(33)17-12-20(25)29-21(13-17)35-2/h4-7,12-15H,3,8-11H2,1-2H3. The van der Waals surface area contributed by atoms with E-state index in [1.165, 1.54) is 13.4 Å². The van der Waals surface area contributed by atoms with E-state index < -0.39 is 0 Å². The van der Waals surface area contributed by atoms with Crippen molar-refractivity contribution in [3.05, 3.63) is 59.6 Å². The van der Waals surface area contributed by atoms with Crippen molar-refractivity contribution < 1.29 is 14.3 Å². The summed E-state index contributed by atoms with van der Waals surface area (Å²) in [6, 6.07) is 11.0. The van der Waals surface area contributed by atoms with Crippen LogP contribution in [0, 0.1) is 0 Å². The number of carbonyl (C=O) groups is 1. The number of hydrogen-bond acceptors (Lipinski definition) is 8. The Labute approximate surface area is 207 Å². The Morgan fingerprint density at radius 2 is 1.83 bits per heavy atom. The number of benzene rings is 1. The maximum absolute atomic E-state index is 13.3. The monoisotopic (exact) mass is 493 g/mol. The minimum atomic E-state index is -0.106. The highest BCUT2D eigenvalue weighted by Gasteiger charge is 2.25. The van der Waals surface area contributed by atoms with Crippen LogP contribution < -0.4 is 14.4 Å². The lowest BCUT2D eigenvalue weighted by Crippen LogP contribution is -2.36. The van der Waals surface area contributed by atoms with Gasteiger partial charge < -0.3 is 19.3 Å². The van der Waals surface area contributed by atoms with Crippen molar-refractivity contribution in [3.8, 4) is 22.8 Å². The van der Waals surface area contributed by atoms with Gasteiger partial charge >= 0.3 is 0 Å². The van der Waals surface area contributed by atoms with Crippen LogP contribution in [0.3, 0.4) is 0 Å². The second-order valence-electron chi connectivity index (χ2n) is 8.05. The second-order valence-corrected chi connectivity index (χ2v) is 8.44. The molecule has 3 aromatic heterocycles. The minimum absolute atomic E-state index is 0.106. The molecule has 1 aliphatic heterocycles. The molecule has 0 N–H and O–H groups in total. The molecule has 0 saturated carbocycles. The van der Waals surface area contributed by atoms with Crippen molar-refractivity contribution in [2.24, 2.45) is 0 Å². The number of rotatable bonds is 5. The molecule has 4 aromatic rings. The Hall–Kier alpha value is -3.92. The highest BCUT2D eigenvalue weighted by molar-refractivity contribution is 6.29. The first kappa shape index (κ1) is 22.9. The molecule has 0 spiro atoms. The van der Waals surface area contributed by atoms with E-state index >= 15 is 0 Å². The van der Waals surface area contributed by atoms with Crippen LogP contribution in [0.5, 0.6) is 11.6 Å². The number of amides is 1. The normalized spacial score (nSPS) is 14.1. The Bertz CT molecular complexity index is 1360. The van der Waals surface area contributed by atoms with Gasteiger partial charge in [0.2, 0.25) is 5.88 Å². The third kappa shape index (κ3) is 4.57. The quantitative estimate of drug-likeness (QED) is 0.391. The minimum Gasteiger partial charge on any atom is -0.497 e. The van der Waals surface area contributed by atoms with Gasteiger partial charge in [-0.1, -0.05) is 23.7 Å². The molecule has 0 radical (unpaired) electrons. The summed E-state index contributed by atoms with van der Waals surface area (Å²) >= 11 is 6.09. The van der Waals surface area contributed by atoms with Crippen LogP contribution in [0.4, 0.5) is 5.82 Å². The lowest BCUT2D eigenvalue weighted by Gasteiger charge is -2.26. The highest BCUT2D eigenvalue weighted by Crippen LogP contribution is 2.32. The summed E-state index contributed by atoms with van der Waals surface area (Å²) in [6.45, 7) is 2.50. The third-order valence-corrected chi connectivity index (χ3v) is 6.18. The van der Waals surface area contributed by atoms with E-state index in [0.717, 1.165) is 35.7 Å². The molecule has 180 valence electrons. The molecule has 10 nitrogen and oxygen atoms in total. The van der Waals surface area contributed by atoms with Crippen LogP contribution in [-0.2, 0) is 0 Å². The van der Waals surface area contributed by atoms with Crippen LogP contribution in [0.25, 0.3) is 16.9 Å². The highest BCUT2D eigenvalue weighted by atomic mass is 35.5. The number of carbonyl (C=O) groups excluding carboxylic acids is 1. The molecule has 0 atom stereocenters. The molecule has 0 bridgehead atoms. The predicted octanol–water partition coefficient (Wildman–Crippen LogP) is 3.21. The summed E-state index contributed by atoms with van der Waals surface area (Å²) < 4.78 is 12.2. The van der Waals surface area contributed by atoms with Gasteiger partial charge in [0.1, 0.15) is 23.0 Å². The van der Waals surface area contributed by atoms with Gasteiger partial charge in [0, 0.05) is 49.6 Å².